The highest BCUT2D eigenvalue weighted by atomic mass is 16.5. The molecule has 0 spiro atoms. The second-order valence-electron chi connectivity index (χ2n) is 5.44. The molecule has 0 bridgehead atoms. The molecule has 20 heavy (non-hydrogen) atoms. The number of nitrogens with zero attached hydrogens (tertiary/aromatic N) is 1. The number of esters is 1. The van der Waals surface area contributed by atoms with Crippen LogP contribution in [0.4, 0.5) is 0 Å². The zero-order valence-corrected chi connectivity index (χ0v) is 12.0. The molecule has 1 aliphatic heterocycles. The number of carbonyl (C=O) groups excluding carboxylic acids is 1. The Morgan fingerprint density at radius 1 is 1.35 bits per heavy atom. The lowest BCUT2D eigenvalue weighted by atomic mass is 9.90. The van der Waals surface area contributed by atoms with E-state index in [1.54, 1.807) is 0 Å². The second kappa shape index (κ2) is 5.29. The van der Waals surface area contributed by atoms with Gasteiger partial charge in [0.05, 0.1) is 12.7 Å². The Balaban J connectivity index is 2.05. The number of ether oxygens (including phenoxy) is 1. The molecular formula is C16H20N2O2. The van der Waals surface area contributed by atoms with Crippen LogP contribution in [0.5, 0.6) is 0 Å². The summed E-state index contributed by atoms with van der Waals surface area (Å²) < 4.78 is 6.90. The molecule has 3 rings (SSSR count). The Bertz CT molecular complexity index is 639. The first kappa shape index (κ1) is 13.2. The van der Waals surface area contributed by atoms with E-state index in [-0.39, 0.29) is 5.97 Å². The van der Waals surface area contributed by atoms with E-state index in [0.717, 1.165) is 18.6 Å². The fourth-order valence-electron chi connectivity index (χ4n) is 3.12. The van der Waals surface area contributed by atoms with Gasteiger partial charge < -0.3 is 14.6 Å². The van der Waals surface area contributed by atoms with E-state index >= 15 is 0 Å². The van der Waals surface area contributed by atoms with Crippen LogP contribution in [0.25, 0.3) is 10.9 Å². The van der Waals surface area contributed by atoms with Gasteiger partial charge in [-0.25, -0.2) is 4.79 Å². The molecule has 2 heterocycles. The first-order valence-electron chi connectivity index (χ1n) is 7.08. The zero-order chi connectivity index (χ0) is 14.1. The highest BCUT2D eigenvalue weighted by molar-refractivity contribution is 5.95. The Morgan fingerprint density at radius 2 is 2.10 bits per heavy atom. The van der Waals surface area contributed by atoms with Crippen molar-refractivity contribution >= 4 is 16.9 Å². The Morgan fingerprint density at radius 3 is 2.80 bits per heavy atom. The van der Waals surface area contributed by atoms with Crippen LogP contribution in [0.15, 0.2) is 24.4 Å². The molecule has 1 aromatic carbocycles. The van der Waals surface area contributed by atoms with E-state index in [2.05, 4.69) is 22.1 Å². The van der Waals surface area contributed by atoms with Gasteiger partial charge in [0, 0.05) is 24.1 Å². The van der Waals surface area contributed by atoms with Crippen LogP contribution in [0.3, 0.4) is 0 Å². The topological polar surface area (TPSA) is 43.3 Å². The molecule has 4 nitrogen and oxygen atoms in total. The summed E-state index contributed by atoms with van der Waals surface area (Å²) in [5.41, 5.74) is 3.11. The average molecular weight is 272 g/mol. The fraction of sp³-hybridized carbons (Fsp3) is 0.438. The zero-order valence-electron chi connectivity index (χ0n) is 12.0. The smallest absolute Gasteiger partial charge is 0.337 e. The summed E-state index contributed by atoms with van der Waals surface area (Å²) in [5.74, 6) is 0.334. The van der Waals surface area contributed by atoms with Crippen LogP contribution in [-0.2, 0) is 11.8 Å². The van der Waals surface area contributed by atoms with E-state index in [4.69, 9.17) is 4.74 Å². The maximum absolute atomic E-state index is 11.6. The molecule has 0 saturated carbocycles. The third-order valence-electron chi connectivity index (χ3n) is 4.22. The average Bonchev–Trinajstić information content (AvgIpc) is 2.84. The number of hydrogen-bond donors (Lipinski definition) is 1. The largest absolute Gasteiger partial charge is 0.465 e. The molecule has 1 fully saturated rings. The number of rotatable bonds is 2. The number of carbonyl (C=O) groups is 1. The van der Waals surface area contributed by atoms with Gasteiger partial charge in [-0.3, -0.25) is 0 Å². The van der Waals surface area contributed by atoms with Gasteiger partial charge in [0.25, 0.3) is 0 Å². The molecule has 0 radical (unpaired) electrons. The van der Waals surface area contributed by atoms with Crippen LogP contribution in [0.2, 0.25) is 0 Å². The highest BCUT2D eigenvalue weighted by Gasteiger charge is 2.20. The van der Waals surface area contributed by atoms with Gasteiger partial charge in [-0.15, -0.1) is 0 Å². The predicted molar refractivity (Wildman–Crippen MR) is 79.1 cm³/mol. The van der Waals surface area contributed by atoms with Gasteiger partial charge >= 0.3 is 5.97 Å². The lowest BCUT2D eigenvalue weighted by molar-refractivity contribution is 0.0601. The van der Waals surface area contributed by atoms with Crippen molar-refractivity contribution in [2.24, 2.45) is 7.05 Å². The van der Waals surface area contributed by atoms with Crippen LogP contribution >= 0.6 is 0 Å². The third kappa shape index (κ3) is 2.20. The van der Waals surface area contributed by atoms with Crippen LogP contribution in [0, 0.1) is 0 Å². The third-order valence-corrected chi connectivity index (χ3v) is 4.22. The van der Waals surface area contributed by atoms with Crippen molar-refractivity contribution in [2.45, 2.75) is 18.8 Å². The van der Waals surface area contributed by atoms with Crippen LogP contribution < -0.4 is 5.32 Å². The molecule has 0 aliphatic carbocycles. The standard InChI is InChI=1S/C16H20N2O2/c1-18-10-14(11-5-7-17-8-6-11)13-4-3-12(9-15(13)18)16(19)20-2/h3-4,9-11,17H,5-8H2,1-2H3. The number of benzene rings is 1. The predicted octanol–water partition coefficient (Wildman–Crippen LogP) is 2.43. The lowest BCUT2D eigenvalue weighted by Crippen LogP contribution is -2.26. The monoisotopic (exact) mass is 272 g/mol. The van der Waals surface area contributed by atoms with Crippen LogP contribution in [-0.4, -0.2) is 30.7 Å². The van der Waals surface area contributed by atoms with Gasteiger partial charge in [-0.05, 0) is 49.5 Å². The summed E-state index contributed by atoms with van der Waals surface area (Å²) in [6, 6.07) is 5.84. The number of aryl methyl sites for hydroxylation is 1. The van der Waals surface area contributed by atoms with Crippen molar-refractivity contribution in [3.8, 4) is 0 Å². The van der Waals surface area contributed by atoms with Gasteiger partial charge in [-0.2, -0.15) is 0 Å². The van der Waals surface area contributed by atoms with Crippen molar-refractivity contribution in [2.75, 3.05) is 20.2 Å². The molecule has 2 aromatic rings. The molecule has 0 atom stereocenters. The summed E-state index contributed by atoms with van der Waals surface area (Å²) in [5, 5.41) is 4.66. The van der Waals surface area contributed by atoms with Gasteiger partial charge in [0.1, 0.15) is 0 Å². The fourth-order valence-corrected chi connectivity index (χ4v) is 3.12. The number of hydrogen-bond acceptors (Lipinski definition) is 3. The first-order chi connectivity index (χ1) is 9.70. The Labute approximate surface area is 118 Å². The molecule has 4 heteroatoms. The Kier molecular flexibility index (Phi) is 3.49. The van der Waals surface area contributed by atoms with Crippen LogP contribution in [0.1, 0.15) is 34.7 Å². The molecule has 0 amide bonds. The molecule has 1 aromatic heterocycles. The lowest BCUT2D eigenvalue weighted by Gasteiger charge is -2.22. The number of piperidine rings is 1. The Hall–Kier alpha value is -1.81. The minimum atomic E-state index is -0.281. The van der Waals surface area contributed by atoms with Gasteiger partial charge in [-0.1, -0.05) is 6.07 Å². The normalized spacial score (nSPS) is 16.5. The molecule has 1 aliphatic rings. The second-order valence-corrected chi connectivity index (χ2v) is 5.44. The first-order valence-corrected chi connectivity index (χ1v) is 7.08. The molecule has 106 valence electrons. The van der Waals surface area contributed by atoms with E-state index in [1.807, 2.05) is 19.2 Å². The van der Waals surface area contributed by atoms with Crippen molar-refractivity contribution in [1.29, 1.82) is 0 Å². The van der Waals surface area contributed by atoms with E-state index in [1.165, 1.54) is 30.9 Å². The van der Waals surface area contributed by atoms with Crippen molar-refractivity contribution in [3.05, 3.63) is 35.5 Å². The maximum atomic E-state index is 11.6. The summed E-state index contributed by atoms with van der Waals surface area (Å²) in [6.07, 6.45) is 4.57. The van der Waals surface area contributed by atoms with Gasteiger partial charge in [0.15, 0.2) is 0 Å². The molecule has 1 saturated heterocycles. The summed E-state index contributed by atoms with van der Waals surface area (Å²) in [7, 11) is 3.45. The molecular weight excluding hydrogens is 252 g/mol. The van der Waals surface area contributed by atoms with E-state index in [9.17, 15) is 4.79 Å². The van der Waals surface area contributed by atoms with E-state index in [0.29, 0.717) is 11.5 Å². The number of nitrogens with one attached hydrogen (secondary N) is 1. The summed E-state index contributed by atoms with van der Waals surface area (Å²) in [6.45, 7) is 2.17. The summed E-state index contributed by atoms with van der Waals surface area (Å²) in [4.78, 5) is 11.6. The van der Waals surface area contributed by atoms with Crippen molar-refractivity contribution in [1.82, 2.24) is 9.88 Å². The number of fused-ring (bicyclic) bond motifs is 1. The maximum Gasteiger partial charge on any atom is 0.337 e. The van der Waals surface area contributed by atoms with Crippen molar-refractivity contribution < 1.29 is 9.53 Å². The number of aromatic nitrogens is 1. The summed E-state index contributed by atoms with van der Waals surface area (Å²) >= 11 is 0. The number of methoxy groups -OCH3 is 1. The van der Waals surface area contributed by atoms with Gasteiger partial charge in [0.2, 0.25) is 0 Å². The quantitative estimate of drug-likeness (QED) is 0.854. The molecule has 0 unspecified atom stereocenters. The van der Waals surface area contributed by atoms with E-state index < -0.39 is 0 Å². The highest BCUT2D eigenvalue weighted by Crippen LogP contribution is 2.33. The minimum absolute atomic E-state index is 0.281. The minimum Gasteiger partial charge on any atom is -0.465 e. The SMILES string of the molecule is COC(=O)c1ccc2c(C3CCNCC3)cn(C)c2c1. The molecule has 1 N–H and O–H groups in total. The van der Waals surface area contributed by atoms with Crippen molar-refractivity contribution in [3.63, 3.8) is 0 Å².